The van der Waals surface area contributed by atoms with Crippen molar-refractivity contribution < 1.29 is 13.9 Å². The van der Waals surface area contributed by atoms with E-state index in [9.17, 15) is 9.18 Å². The Labute approximate surface area is 215 Å². The van der Waals surface area contributed by atoms with Crippen molar-refractivity contribution in [1.82, 2.24) is 15.1 Å². The number of nitrogens with zero attached hydrogens (tertiary/aromatic N) is 3. The van der Waals surface area contributed by atoms with Gasteiger partial charge in [0.1, 0.15) is 17.3 Å². The van der Waals surface area contributed by atoms with Gasteiger partial charge in [0, 0.05) is 40.9 Å². The van der Waals surface area contributed by atoms with Gasteiger partial charge in [-0.1, -0.05) is 11.6 Å². The second-order valence-corrected chi connectivity index (χ2v) is 10.6. The van der Waals surface area contributed by atoms with Gasteiger partial charge in [-0.3, -0.25) is 9.48 Å². The average molecular weight is 509 g/mol. The van der Waals surface area contributed by atoms with Crippen molar-refractivity contribution in [1.29, 1.82) is 0 Å². The summed E-state index contributed by atoms with van der Waals surface area (Å²) in [5.74, 6) is 0.978. The molecular weight excluding hydrogens is 479 g/mol. The molecule has 1 N–H and O–H groups in total. The largest absolute Gasteiger partial charge is 0.456 e. The highest BCUT2D eigenvalue weighted by Gasteiger charge is 2.39. The summed E-state index contributed by atoms with van der Waals surface area (Å²) in [4.78, 5) is 15.2. The topological polar surface area (TPSA) is 59.4 Å². The van der Waals surface area contributed by atoms with E-state index in [0.717, 1.165) is 74.0 Å². The average Bonchev–Trinajstić information content (AvgIpc) is 3.63. The Balaban J connectivity index is 1.44. The Morgan fingerprint density at radius 3 is 2.69 bits per heavy atom. The molecule has 0 radical (unpaired) electrons. The van der Waals surface area contributed by atoms with Crippen molar-refractivity contribution in [2.75, 3.05) is 18.0 Å². The van der Waals surface area contributed by atoms with Crippen LogP contribution in [-0.4, -0.2) is 34.8 Å². The number of amides is 1. The van der Waals surface area contributed by atoms with Crippen LogP contribution in [0.25, 0.3) is 11.1 Å². The molecule has 3 aliphatic rings. The van der Waals surface area contributed by atoms with Gasteiger partial charge in [-0.2, -0.15) is 5.10 Å². The molecule has 36 heavy (non-hydrogen) atoms. The van der Waals surface area contributed by atoms with Gasteiger partial charge in [-0.05, 0) is 82.8 Å². The number of piperidine rings is 1. The Morgan fingerprint density at radius 1 is 1.14 bits per heavy atom. The quantitative estimate of drug-likeness (QED) is 0.450. The highest BCUT2D eigenvalue weighted by atomic mass is 35.5. The van der Waals surface area contributed by atoms with Gasteiger partial charge in [0.15, 0.2) is 0 Å². The van der Waals surface area contributed by atoms with E-state index >= 15 is 0 Å². The molecule has 1 unspecified atom stereocenters. The van der Waals surface area contributed by atoms with E-state index in [-0.39, 0.29) is 22.9 Å². The fourth-order valence-electron chi connectivity index (χ4n) is 5.42. The highest BCUT2D eigenvalue weighted by molar-refractivity contribution is 6.30. The molecule has 3 heterocycles. The first kappa shape index (κ1) is 23.5. The fourth-order valence-corrected chi connectivity index (χ4v) is 5.59. The highest BCUT2D eigenvalue weighted by Crippen LogP contribution is 2.46. The number of ether oxygens (including phenoxy) is 1. The summed E-state index contributed by atoms with van der Waals surface area (Å²) >= 11 is 6.07. The number of rotatable bonds is 5. The van der Waals surface area contributed by atoms with Crippen LogP contribution in [0.1, 0.15) is 50.6 Å². The summed E-state index contributed by atoms with van der Waals surface area (Å²) in [5, 5.41) is 8.10. The smallest absolute Gasteiger partial charge is 0.230 e. The van der Waals surface area contributed by atoms with Crippen molar-refractivity contribution in [3.8, 4) is 22.6 Å². The number of hydrogen-bond acceptors (Lipinski definition) is 4. The van der Waals surface area contributed by atoms with Crippen LogP contribution in [0.4, 0.5) is 10.1 Å². The van der Waals surface area contributed by atoms with E-state index in [2.05, 4.69) is 28.2 Å². The molecule has 2 fully saturated rings. The molecule has 2 aromatic carbocycles. The van der Waals surface area contributed by atoms with Crippen molar-refractivity contribution in [3.63, 3.8) is 0 Å². The summed E-state index contributed by atoms with van der Waals surface area (Å²) in [5.41, 5.74) is 3.76. The zero-order valence-corrected chi connectivity index (χ0v) is 21.1. The molecule has 8 heteroatoms. The summed E-state index contributed by atoms with van der Waals surface area (Å²) < 4.78 is 22.4. The molecule has 1 saturated heterocycles. The van der Waals surface area contributed by atoms with E-state index in [4.69, 9.17) is 16.3 Å². The standard InChI is InChI=1S/C28H30ClFN4O2/c1-17-2-6-23-26(34(17)28(35)18-3-4-18)9-7-22(27(23)36-21-5-8-25(30)24(29)14-21)19-15-32-33(16-19)20-10-12-31-13-11-20/h5,7-9,14-18,20,31H,2-4,6,10-13H2,1H3. The number of fused-ring (bicyclic) bond motifs is 1. The third-order valence-electron chi connectivity index (χ3n) is 7.62. The van der Waals surface area contributed by atoms with Crippen LogP contribution in [-0.2, 0) is 11.2 Å². The lowest BCUT2D eigenvalue weighted by Gasteiger charge is -2.36. The summed E-state index contributed by atoms with van der Waals surface area (Å²) in [6.07, 6.45) is 9.60. The van der Waals surface area contributed by atoms with Crippen molar-refractivity contribution in [2.24, 2.45) is 5.92 Å². The minimum Gasteiger partial charge on any atom is -0.456 e. The molecule has 188 valence electrons. The molecule has 1 saturated carbocycles. The van der Waals surface area contributed by atoms with Gasteiger partial charge < -0.3 is 15.0 Å². The number of anilines is 1. The molecule has 6 nitrogen and oxygen atoms in total. The molecule has 0 bridgehead atoms. The molecule has 1 amide bonds. The monoisotopic (exact) mass is 508 g/mol. The van der Waals surface area contributed by atoms with E-state index < -0.39 is 5.82 Å². The first-order chi connectivity index (χ1) is 17.5. The van der Waals surface area contributed by atoms with Crippen molar-refractivity contribution in [3.05, 3.63) is 59.1 Å². The van der Waals surface area contributed by atoms with Gasteiger partial charge in [0.05, 0.1) is 22.9 Å². The van der Waals surface area contributed by atoms with Crippen molar-refractivity contribution in [2.45, 2.75) is 57.5 Å². The molecule has 1 aliphatic carbocycles. The van der Waals surface area contributed by atoms with Crippen molar-refractivity contribution >= 4 is 23.2 Å². The van der Waals surface area contributed by atoms with E-state index in [0.29, 0.717) is 17.5 Å². The van der Waals surface area contributed by atoms with Crippen LogP contribution in [0.15, 0.2) is 42.7 Å². The minimum atomic E-state index is -0.488. The molecule has 6 rings (SSSR count). The molecule has 0 spiro atoms. The Bertz CT molecular complexity index is 1300. The van der Waals surface area contributed by atoms with Gasteiger partial charge in [0.25, 0.3) is 0 Å². The SMILES string of the molecule is CC1CCc2c(ccc(-c3cnn(C4CCNCC4)c3)c2Oc2ccc(F)c(Cl)c2)N1C(=O)C1CC1. The normalized spacial score (nSPS) is 20.3. The van der Waals surface area contributed by atoms with Gasteiger partial charge in [0.2, 0.25) is 5.91 Å². The Hall–Kier alpha value is -2.90. The maximum absolute atomic E-state index is 13.9. The molecule has 1 atom stereocenters. The molecule has 1 aromatic heterocycles. The maximum Gasteiger partial charge on any atom is 0.230 e. The first-order valence-corrected chi connectivity index (χ1v) is 13.2. The lowest BCUT2D eigenvalue weighted by atomic mass is 9.92. The predicted molar refractivity (Wildman–Crippen MR) is 138 cm³/mol. The third-order valence-corrected chi connectivity index (χ3v) is 7.91. The lowest BCUT2D eigenvalue weighted by Crippen LogP contribution is -2.43. The van der Waals surface area contributed by atoms with Crippen LogP contribution in [0.2, 0.25) is 5.02 Å². The number of carbonyl (C=O) groups is 1. The summed E-state index contributed by atoms with van der Waals surface area (Å²) in [6.45, 7) is 4.09. The zero-order valence-electron chi connectivity index (χ0n) is 20.3. The summed E-state index contributed by atoms with van der Waals surface area (Å²) in [6, 6.07) is 8.96. The molecular formula is C28H30ClFN4O2. The first-order valence-electron chi connectivity index (χ1n) is 12.9. The van der Waals surface area contributed by atoms with Gasteiger partial charge in [-0.25, -0.2) is 4.39 Å². The van der Waals surface area contributed by atoms with Crippen LogP contribution in [0.5, 0.6) is 11.5 Å². The van der Waals surface area contributed by atoms with Crippen LogP contribution in [0.3, 0.4) is 0 Å². The van der Waals surface area contributed by atoms with Crippen LogP contribution >= 0.6 is 11.6 Å². The van der Waals surface area contributed by atoms with E-state index in [1.807, 2.05) is 23.2 Å². The van der Waals surface area contributed by atoms with Gasteiger partial charge >= 0.3 is 0 Å². The number of nitrogens with one attached hydrogen (secondary N) is 1. The number of aromatic nitrogens is 2. The predicted octanol–water partition coefficient (Wildman–Crippen LogP) is 6.14. The second-order valence-electron chi connectivity index (χ2n) is 10.2. The Morgan fingerprint density at radius 2 is 1.94 bits per heavy atom. The van der Waals surface area contributed by atoms with E-state index in [1.54, 1.807) is 6.07 Å². The number of hydrogen-bond donors (Lipinski definition) is 1. The van der Waals surface area contributed by atoms with Crippen LogP contribution < -0.4 is 15.0 Å². The number of halogens is 2. The van der Waals surface area contributed by atoms with Crippen LogP contribution in [0, 0.1) is 11.7 Å². The van der Waals surface area contributed by atoms with E-state index in [1.165, 1.54) is 12.1 Å². The molecule has 2 aliphatic heterocycles. The third kappa shape index (κ3) is 4.39. The second kappa shape index (κ2) is 9.52. The number of benzene rings is 2. The number of carbonyl (C=O) groups excluding carboxylic acids is 1. The maximum atomic E-state index is 13.9. The minimum absolute atomic E-state index is 0.0109. The lowest BCUT2D eigenvalue weighted by molar-refractivity contribution is -0.120. The Kier molecular flexibility index (Phi) is 6.21. The molecule has 3 aromatic rings. The van der Waals surface area contributed by atoms with Gasteiger partial charge in [-0.15, -0.1) is 0 Å². The summed E-state index contributed by atoms with van der Waals surface area (Å²) in [7, 11) is 0. The fraction of sp³-hybridized carbons (Fsp3) is 0.429. The zero-order chi connectivity index (χ0) is 24.8.